The SMILES string of the molecule is CC1(C)CCC2(C)CCC3(C)C4=C(CCC3(C)C2C1)C1(C)CCC(O)C(C)(C)C1CC4=O. The van der Waals surface area contributed by atoms with Gasteiger partial charge in [-0.2, -0.15) is 0 Å². The molecule has 180 valence electrons. The van der Waals surface area contributed by atoms with E-state index >= 15 is 0 Å². The van der Waals surface area contributed by atoms with Crippen molar-refractivity contribution in [3.63, 3.8) is 0 Å². The molecule has 0 spiro atoms. The molecule has 5 rings (SSSR count). The van der Waals surface area contributed by atoms with E-state index in [1.165, 1.54) is 49.7 Å². The lowest BCUT2D eigenvalue weighted by Crippen LogP contribution is -2.62. The predicted octanol–water partition coefficient (Wildman–Crippen LogP) is 7.49. The Morgan fingerprint density at radius 2 is 1.47 bits per heavy atom. The fourth-order valence-electron chi connectivity index (χ4n) is 10.1. The molecule has 0 radical (unpaired) electrons. The first-order chi connectivity index (χ1) is 14.6. The van der Waals surface area contributed by atoms with E-state index in [2.05, 4.69) is 55.4 Å². The van der Waals surface area contributed by atoms with Crippen LogP contribution in [0.1, 0.15) is 120 Å². The van der Waals surface area contributed by atoms with E-state index in [0.29, 0.717) is 29.0 Å². The fraction of sp³-hybridized carbons (Fsp3) is 0.900. The van der Waals surface area contributed by atoms with Crippen molar-refractivity contribution in [2.75, 3.05) is 0 Å². The van der Waals surface area contributed by atoms with Gasteiger partial charge in [0.15, 0.2) is 5.78 Å². The summed E-state index contributed by atoms with van der Waals surface area (Å²) in [6, 6.07) is 0. The molecule has 5 aliphatic carbocycles. The molecule has 0 bridgehead atoms. The van der Waals surface area contributed by atoms with Gasteiger partial charge in [-0.1, -0.05) is 61.0 Å². The summed E-state index contributed by atoms with van der Waals surface area (Å²) in [4.78, 5) is 14.1. The average molecular weight is 441 g/mol. The highest BCUT2D eigenvalue weighted by Gasteiger charge is 2.67. The number of fused-ring (bicyclic) bond motifs is 6. The number of rotatable bonds is 0. The number of Topliss-reactive ketones (excluding diaryl/α,β-unsaturated/α-hetero) is 1. The van der Waals surface area contributed by atoms with E-state index < -0.39 is 0 Å². The average Bonchev–Trinajstić information content (AvgIpc) is 2.70. The summed E-state index contributed by atoms with van der Waals surface area (Å²) >= 11 is 0. The van der Waals surface area contributed by atoms with E-state index in [0.717, 1.165) is 19.3 Å². The quantitative estimate of drug-likeness (QED) is 0.423. The normalized spacial score (nSPS) is 51.9. The fourth-order valence-corrected chi connectivity index (χ4v) is 10.1. The van der Waals surface area contributed by atoms with Crippen LogP contribution in [0, 0.1) is 44.3 Å². The van der Waals surface area contributed by atoms with E-state index in [4.69, 9.17) is 0 Å². The van der Waals surface area contributed by atoms with Crippen LogP contribution in [0.5, 0.6) is 0 Å². The lowest BCUT2D eigenvalue weighted by atomic mass is 9.35. The van der Waals surface area contributed by atoms with Crippen molar-refractivity contribution in [3.8, 4) is 0 Å². The van der Waals surface area contributed by atoms with Gasteiger partial charge in [0.1, 0.15) is 0 Å². The van der Waals surface area contributed by atoms with Crippen LogP contribution in [0.15, 0.2) is 11.1 Å². The second kappa shape index (κ2) is 6.52. The molecular formula is C30H48O2. The van der Waals surface area contributed by atoms with Crippen molar-refractivity contribution >= 4 is 5.78 Å². The Bertz CT molecular complexity index is 879. The second-order valence-corrected chi connectivity index (χ2v) is 15.2. The topological polar surface area (TPSA) is 37.3 Å². The zero-order chi connectivity index (χ0) is 23.5. The third-order valence-corrected chi connectivity index (χ3v) is 12.8. The highest BCUT2D eigenvalue weighted by molar-refractivity contribution is 5.99. The van der Waals surface area contributed by atoms with Crippen molar-refractivity contribution in [2.24, 2.45) is 44.3 Å². The van der Waals surface area contributed by atoms with E-state index in [1.807, 2.05) is 0 Å². The summed E-state index contributed by atoms with van der Waals surface area (Å²) in [6.07, 6.45) is 11.0. The second-order valence-electron chi connectivity index (χ2n) is 15.2. The van der Waals surface area contributed by atoms with Crippen LogP contribution in [-0.4, -0.2) is 17.0 Å². The molecule has 1 N–H and O–H groups in total. The molecule has 32 heavy (non-hydrogen) atoms. The van der Waals surface area contributed by atoms with Crippen molar-refractivity contribution in [1.82, 2.24) is 0 Å². The van der Waals surface area contributed by atoms with Crippen LogP contribution in [0.4, 0.5) is 0 Å². The Morgan fingerprint density at radius 1 is 0.812 bits per heavy atom. The van der Waals surface area contributed by atoms with E-state index in [9.17, 15) is 9.90 Å². The summed E-state index contributed by atoms with van der Waals surface area (Å²) in [7, 11) is 0. The lowest BCUT2D eigenvalue weighted by Gasteiger charge is -2.69. The summed E-state index contributed by atoms with van der Waals surface area (Å²) in [5.41, 5.74) is 3.72. The maximum atomic E-state index is 14.1. The summed E-state index contributed by atoms with van der Waals surface area (Å²) in [6.45, 7) is 19.5. The van der Waals surface area contributed by atoms with Gasteiger partial charge >= 0.3 is 0 Å². The molecule has 0 heterocycles. The molecule has 0 aromatic rings. The van der Waals surface area contributed by atoms with Gasteiger partial charge in [0.2, 0.25) is 0 Å². The molecule has 0 aromatic heterocycles. The van der Waals surface area contributed by atoms with Crippen molar-refractivity contribution < 1.29 is 9.90 Å². The van der Waals surface area contributed by atoms with Crippen LogP contribution in [0.2, 0.25) is 0 Å². The molecule has 0 saturated heterocycles. The van der Waals surface area contributed by atoms with E-state index in [-0.39, 0.29) is 33.7 Å². The Balaban J connectivity index is 1.64. The van der Waals surface area contributed by atoms with Gasteiger partial charge < -0.3 is 5.11 Å². The molecular weight excluding hydrogens is 392 g/mol. The summed E-state index contributed by atoms with van der Waals surface area (Å²) < 4.78 is 0. The smallest absolute Gasteiger partial charge is 0.159 e. The number of carbonyl (C=O) groups excluding carboxylic acids is 1. The number of aliphatic hydroxyl groups is 1. The minimum absolute atomic E-state index is 0.00342. The maximum absolute atomic E-state index is 14.1. The van der Waals surface area contributed by atoms with Crippen LogP contribution >= 0.6 is 0 Å². The Morgan fingerprint density at radius 3 is 2.16 bits per heavy atom. The number of ketones is 1. The lowest BCUT2D eigenvalue weighted by molar-refractivity contribution is -0.160. The molecule has 5 aliphatic rings. The van der Waals surface area contributed by atoms with Gasteiger partial charge in [-0.25, -0.2) is 0 Å². The number of hydrogen-bond acceptors (Lipinski definition) is 2. The van der Waals surface area contributed by atoms with Crippen molar-refractivity contribution in [1.29, 1.82) is 0 Å². The van der Waals surface area contributed by atoms with Crippen LogP contribution in [-0.2, 0) is 4.79 Å². The standard InChI is InChI=1S/C30H48O2/c1-25(2)13-14-27(5)15-16-30(8)24-19(9-12-29(30,7)22(27)18-25)28(6)11-10-23(32)26(3,4)21(28)17-20(24)31/h21-23,32H,9-18H2,1-8H3. The molecule has 2 nitrogen and oxygen atoms in total. The zero-order valence-electron chi connectivity index (χ0n) is 22.2. The van der Waals surface area contributed by atoms with Crippen LogP contribution in [0.3, 0.4) is 0 Å². The van der Waals surface area contributed by atoms with Gasteiger partial charge in [0.25, 0.3) is 0 Å². The summed E-state index contributed by atoms with van der Waals surface area (Å²) in [5.74, 6) is 1.40. The van der Waals surface area contributed by atoms with Gasteiger partial charge in [-0.3, -0.25) is 4.79 Å². The maximum Gasteiger partial charge on any atom is 0.159 e. The Labute approximate surface area is 197 Å². The van der Waals surface area contributed by atoms with Gasteiger partial charge in [0, 0.05) is 17.4 Å². The first kappa shape index (κ1) is 23.1. The highest BCUT2D eigenvalue weighted by atomic mass is 16.3. The monoisotopic (exact) mass is 440 g/mol. The van der Waals surface area contributed by atoms with Gasteiger partial charge in [-0.15, -0.1) is 0 Å². The van der Waals surface area contributed by atoms with Crippen molar-refractivity contribution in [2.45, 2.75) is 126 Å². The largest absolute Gasteiger partial charge is 0.393 e. The molecule has 2 heteroatoms. The number of allylic oxidation sites excluding steroid dienone is 2. The minimum atomic E-state index is -0.292. The highest BCUT2D eigenvalue weighted by Crippen LogP contribution is 2.74. The van der Waals surface area contributed by atoms with Gasteiger partial charge in [0.05, 0.1) is 6.10 Å². The zero-order valence-corrected chi connectivity index (χ0v) is 22.2. The third kappa shape index (κ3) is 2.71. The third-order valence-electron chi connectivity index (χ3n) is 12.8. The predicted molar refractivity (Wildman–Crippen MR) is 131 cm³/mol. The van der Waals surface area contributed by atoms with Gasteiger partial charge in [-0.05, 0) is 96.7 Å². The number of hydrogen-bond donors (Lipinski definition) is 1. The van der Waals surface area contributed by atoms with Crippen molar-refractivity contribution in [3.05, 3.63) is 11.1 Å². The molecule has 7 atom stereocenters. The van der Waals surface area contributed by atoms with Crippen LogP contribution < -0.4 is 0 Å². The molecule has 3 fully saturated rings. The molecule has 7 unspecified atom stereocenters. The Kier molecular flexibility index (Phi) is 4.71. The minimum Gasteiger partial charge on any atom is -0.393 e. The first-order valence-corrected chi connectivity index (χ1v) is 13.6. The molecule has 3 saturated carbocycles. The molecule has 0 amide bonds. The number of carbonyl (C=O) groups is 1. The molecule has 0 aromatic carbocycles. The first-order valence-electron chi connectivity index (χ1n) is 13.6. The Hall–Kier alpha value is -0.630. The van der Waals surface area contributed by atoms with Crippen LogP contribution in [0.25, 0.3) is 0 Å². The van der Waals surface area contributed by atoms with E-state index in [1.54, 1.807) is 0 Å². The number of aliphatic hydroxyl groups excluding tert-OH is 1. The molecule has 0 aliphatic heterocycles. The summed E-state index contributed by atoms with van der Waals surface area (Å²) in [5, 5.41) is 10.8.